The number of tetrazole rings is 1. The highest BCUT2D eigenvalue weighted by Gasteiger charge is 2.01. The largest absolute Gasteiger partial charge is 0.368 e. The van der Waals surface area contributed by atoms with Crippen LogP contribution in [0.2, 0.25) is 0 Å². The molecular formula is C14H15N7O. The number of carbonyl (C=O) groups excluding carboxylic acids is 1. The second-order valence-corrected chi connectivity index (χ2v) is 4.80. The van der Waals surface area contributed by atoms with Crippen LogP contribution in [0.4, 0.5) is 11.5 Å². The first kappa shape index (κ1) is 13.9. The Bertz CT molecular complexity index is 781. The van der Waals surface area contributed by atoms with E-state index in [0.29, 0.717) is 5.65 Å². The molecule has 2 N–H and O–H groups in total. The van der Waals surface area contributed by atoms with Crippen molar-refractivity contribution in [3.05, 3.63) is 42.0 Å². The zero-order valence-electron chi connectivity index (χ0n) is 12.0. The summed E-state index contributed by atoms with van der Waals surface area (Å²) in [4.78, 5) is 11.0. The molecule has 2 heterocycles. The maximum absolute atomic E-state index is 11.0. The standard InChI is InChI=1S/C14H15N7O/c1-10(22)16-12-4-2-11(3-5-12)8-9-15-13-6-7-14-17-19-20-21(14)18-13/h2-7H,8-9H2,1H3,(H,15,18)(H,16,22). The lowest BCUT2D eigenvalue weighted by atomic mass is 10.1. The van der Waals surface area contributed by atoms with Crippen molar-refractivity contribution < 1.29 is 4.79 Å². The van der Waals surface area contributed by atoms with Crippen molar-refractivity contribution in [2.45, 2.75) is 13.3 Å². The molecule has 3 rings (SSSR count). The lowest BCUT2D eigenvalue weighted by Crippen LogP contribution is -2.09. The van der Waals surface area contributed by atoms with Gasteiger partial charge in [0.1, 0.15) is 5.82 Å². The summed E-state index contributed by atoms with van der Waals surface area (Å²) in [6.07, 6.45) is 0.843. The lowest BCUT2D eigenvalue weighted by Gasteiger charge is -2.06. The van der Waals surface area contributed by atoms with Crippen molar-refractivity contribution in [1.82, 2.24) is 25.3 Å². The summed E-state index contributed by atoms with van der Waals surface area (Å²) in [7, 11) is 0. The molecule has 0 aliphatic heterocycles. The summed E-state index contributed by atoms with van der Waals surface area (Å²) in [5.74, 6) is 0.646. The van der Waals surface area contributed by atoms with Gasteiger partial charge in [-0.25, -0.2) is 0 Å². The zero-order chi connectivity index (χ0) is 15.4. The second kappa shape index (κ2) is 6.17. The third-order valence-electron chi connectivity index (χ3n) is 3.06. The minimum Gasteiger partial charge on any atom is -0.368 e. The number of fused-ring (bicyclic) bond motifs is 1. The number of nitrogens with one attached hydrogen (secondary N) is 2. The van der Waals surface area contributed by atoms with E-state index in [1.807, 2.05) is 30.3 Å². The molecule has 22 heavy (non-hydrogen) atoms. The van der Waals surface area contributed by atoms with E-state index in [4.69, 9.17) is 0 Å². The molecular weight excluding hydrogens is 282 g/mol. The molecule has 3 aromatic rings. The van der Waals surface area contributed by atoms with Crippen molar-refractivity contribution in [1.29, 1.82) is 0 Å². The van der Waals surface area contributed by atoms with Crippen molar-refractivity contribution in [3.63, 3.8) is 0 Å². The molecule has 0 saturated carbocycles. The van der Waals surface area contributed by atoms with Gasteiger partial charge in [0.25, 0.3) is 0 Å². The number of aromatic nitrogens is 5. The van der Waals surface area contributed by atoms with Crippen molar-refractivity contribution in [3.8, 4) is 0 Å². The fourth-order valence-corrected chi connectivity index (χ4v) is 2.04. The highest BCUT2D eigenvalue weighted by molar-refractivity contribution is 5.88. The van der Waals surface area contributed by atoms with Crippen molar-refractivity contribution in [2.24, 2.45) is 0 Å². The fourth-order valence-electron chi connectivity index (χ4n) is 2.04. The second-order valence-electron chi connectivity index (χ2n) is 4.80. The van der Waals surface area contributed by atoms with Crippen LogP contribution >= 0.6 is 0 Å². The Morgan fingerprint density at radius 2 is 2.00 bits per heavy atom. The van der Waals surface area contributed by atoms with E-state index in [-0.39, 0.29) is 5.91 Å². The van der Waals surface area contributed by atoms with Crippen LogP contribution in [0.3, 0.4) is 0 Å². The zero-order valence-corrected chi connectivity index (χ0v) is 12.0. The quantitative estimate of drug-likeness (QED) is 0.733. The van der Waals surface area contributed by atoms with Gasteiger partial charge in [0.15, 0.2) is 5.65 Å². The molecule has 2 aromatic heterocycles. The molecule has 8 nitrogen and oxygen atoms in total. The lowest BCUT2D eigenvalue weighted by molar-refractivity contribution is -0.114. The number of amides is 1. The van der Waals surface area contributed by atoms with E-state index in [1.54, 1.807) is 6.07 Å². The highest BCUT2D eigenvalue weighted by Crippen LogP contribution is 2.10. The predicted octanol–water partition coefficient (Wildman–Crippen LogP) is 1.13. The first-order valence-corrected chi connectivity index (χ1v) is 6.86. The molecule has 0 spiro atoms. The average Bonchev–Trinajstić information content (AvgIpc) is 2.96. The number of hydrogen-bond donors (Lipinski definition) is 2. The molecule has 0 fully saturated rings. The number of anilines is 2. The Kier molecular flexibility index (Phi) is 3.90. The summed E-state index contributed by atoms with van der Waals surface area (Å²) in [5, 5.41) is 21.3. The molecule has 112 valence electrons. The number of nitrogens with zero attached hydrogens (tertiary/aromatic N) is 5. The summed E-state index contributed by atoms with van der Waals surface area (Å²) >= 11 is 0. The number of benzene rings is 1. The third-order valence-corrected chi connectivity index (χ3v) is 3.06. The monoisotopic (exact) mass is 297 g/mol. The van der Waals surface area contributed by atoms with Gasteiger partial charge in [0, 0.05) is 19.2 Å². The summed E-state index contributed by atoms with van der Waals surface area (Å²) in [6, 6.07) is 11.4. The first-order chi connectivity index (χ1) is 10.7. The van der Waals surface area contributed by atoms with E-state index >= 15 is 0 Å². The van der Waals surface area contributed by atoms with Gasteiger partial charge in [-0.1, -0.05) is 12.1 Å². The van der Waals surface area contributed by atoms with Crippen LogP contribution in [0.15, 0.2) is 36.4 Å². The third kappa shape index (κ3) is 3.35. The van der Waals surface area contributed by atoms with Crippen LogP contribution < -0.4 is 10.6 Å². The van der Waals surface area contributed by atoms with Crippen LogP contribution in [-0.2, 0) is 11.2 Å². The van der Waals surface area contributed by atoms with Gasteiger partial charge < -0.3 is 10.6 Å². The Labute approximate surface area is 126 Å². The topological polar surface area (TPSA) is 97.1 Å². The Morgan fingerprint density at radius 1 is 1.18 bits per heavy atom. The molecule has 1 amide bonds. The molecule has 0 bridgehead atoms. The van der Waals surface area contributed by atoms with Gasteiger partial charge in [-0.15, -0.1) is 14.8 Å². The van der Waals surface area contributed by atoms with Crippen LogP contribution in [-0.4, -0.2) is 37.7 Å². The average molecular weight is 297 g/mol. The Hall–Kier alpha value is -3.03. The SMILES string of the molecule is CC(=O)Nc1ccc(CCNc2ccc3nnnn3n2)cc1. The Morgan fingerprint density at radius 3 is 2.77 bits per heavy atom. The predicted molar refractivity (Wildman–Crippen MR) is 81.5 cm³/mol. The van der Waals surface area contributed by atoms with E-state index < -0.39 is 0 Å². The highest BCUT2D eigenvalue weighted by atomic mass is 16.1. The summed E-state index contributed by atoms with van der Waals surface area (Å²) in [6.45, 7) is 2.23. The number of rotatable bonds is 5. The van der Waals surface area contributed by atoms with E-state index in [9.17, 15) is 4.79 Å². The number of carbonyl (C=O) groups is 1. The van der Waals surface area contributed by atoms with Crippen molar-refractivity contribution >= 4 is 23.1 Å². The first-order valence-electron chi connectivity index (χ1n) is 6.86. The maximum atomic E-state index is 11.0. The van der Waals surface area contributed by atoms with Crippen LogP contribution in [0.1, 0.15) is 12.5 Å². The maximum Gasteiger partial charge on any atom is 0.221 e. The molecule has 0 unspecified atom stereocenters. The van der Waals surface area contributed by atoms with Gasteiger partial charge in [0.05, 0.1) is 0 Å². The molecule has 0 radical (unpaired) electrons. The fraction of sp³-hybridized carbons (Fsp3) is 0.214. The summed E-state index contributed by atoms with van der Waals surface area (Å²) in [5.41, 5.74) is 2.58. The molecule has 8 heteroatoms. The van der Waals surface area contributed by atoms with Gasteiger partial charge >= 0.3 is 0 Å². The van der Waals surface area contributed by atoms with E-state index in [2.05, 4.69) is 31.3 Å². The smallest absolute Gasteiger partial charge is 0.221 e. The normalized spacial score (nSPS) is 10.6. The molecule has 0 atom stereocenters. The van der Waals surface area contributed by atoms with Gasteiger partial charge in [-0.2, -0.15) is 0 Å². The van der Waals surface area contributed by atoms with Crippen LogP contribution in [0, 0.1) is 0 Å². The Balaban J connectivity index is 1.54. The van der Waals surface area contributed by atoms with Gasteiger partial charge in [-0.05, 0) is 46.7 Å². The van der Waals surface area contributed by atoms with Gasteiger partial charge in [-0.3, -0.25) is 4.79 Å². The summed E-state index contributed by atoms with van der Waals surface area (Å²) < 4.78 is 1.38. The van der Waals surface area contributed by atoms with Crippen LogP contribution in [0.5, 0.6) is 0 Å². The molecule has 0 saturated heterocycles. The van der Waals surface area contributed by atoms with E-state index in [1.165, 1.54) is 17.1 Å². The van der Waals surface area contributed by atoms with Gasteiger partial charge in [0.2, 0.25) is 5.91 Å². The molecule has 1 aromatic carbocycles. The minimum absolute atomic E-state index is 0.0708. The van der Waals surface area contributed by atoms with Crippen molar-refractivity contribution in [2.75, 3.05) is 17.2 Å². The number of hydrogen-bond acceptors (Lipinski definition) is 6. The van der Waals surface area contributed by atoms with E-state index in [0.717, 1.165) is 24.5 Å². The molecule has 0 aliphatic rings. The minimum atomic E-state index is -0.0708. The molecule has 0 aliphatic carbocycles. The van der Waals surface area contributed by atoms with Crippen LogP contribution in [0.25, 0.3) is 5.65 Å².